The molecule has 0 N–H and O–H groups in total. The van der Waals surface area contributed by atoms with E-state index < -0.39 is 5.82 Å². The van der Waals surface area contributed by atoms with E-state index in [2.05, 4.69) is 22.6 Å². The second-order valence-corrected chi connectivity index (χ2v) is 5.10. The Morgan fingerprint density at radius 3 is 2.40 bits per heavy atom. The van der Waals surface area contributed by atoms with E-state index >= 15 is 0 Å². The number of rotatable bonds is 2. The molecule has 1 nitrogen and oxygen atoms in total. The van der Waals surface area contributed by atoms with E-state index in [0.29, 0.717) is 5.56 Å². The molecule has 1 aromatic heterocycles. The highest BCUT2D eigenvalue weighted by molar-refractivity contribution is 14.1. The summed E-state index contributed by atoms with van der Waals surface area (Å²) in [6.07, 6.45) is 0. The molecule has 0 bridgehead atoms. The van der Waals surface area contributed by atoms with E-state index in [0.717, 1.165) is 14.9 Å². The molecule has 0 fully saturated rings. The quantitative estimate of drug-likeness (QED) is 0.605. The minimum Gasteiger partial charge on any atom is -0.288 e. The number of thiophene rings is 1. The summed E-state index contributed by atoms with van der Waals surface area (Å²) in [4.78, 5) is 12.0. The molecule has 0 unspecified atom stereocenters. The molecule has 0 spiro atoms. The lowest BCUT2D eigenvalue weighted by Gasteiger charge is -1.98. The molecule has 0 saturated heterocycles. The van der Waals surface area contributed by atoms with Gasteiger partial charge in [-0.05, 0) is 58.3 Å². The number of ketones is 1. The molecule has 15 heavy (non-hydrogen) atoms. The van der Waals surface area contributed by atoms with Crippen molar-refractivity contribution >= 4 is 39.7 Å². The lowest BCUT2D eigenvalue weighted by atomic mass is 10.1. The van der Waals surface area contributed by atoms with E-state index in [9.17, 15) is 9.18 Å². The fourth-order valence-electron chi connectivity index (χ4n) is 1.19. The molecule has 0 aliphatic heterocycles. The molecule has 0 atom stereocenters. The summed E-state index contributed by atoms with van der Waals surface area (Å²) >= 11 is 3.29. The average molecular weight is 332 g/mol. The summed E-state index contributed by atoms with van der Waals surface area (Å²) in [6.45, 7) is 0. The lowest BCUT2D eigenvalue weighted by Crippen LogP contribution is -2.00. The Balaban J connectivity index is 2.37. The number of benzene rings is 1. The van der Waals surface area contributed by atoms with Gasteiger partial charge in [-0.15, -0.1) is 11.3 Å². The van der Waals surface area contributed by atoms with Crippen molar-refractivity contribution in [2.45, 2.75) is 0 Å². The highest BCUT2D eigenvalue weighted by atomic mass is 127. The fraction of sp³-hybridized carbons (Fsp3) is 0. The Hall–Kier alpha value is -0.750. The number of carbonyl (C=O) groups excluding carboxylic acids is 1. The predicted molar refractivity (Wildman–Crippen MR) is 66.9 cm³/mol. The smallest absolute Gasteiger partial charge is 0.205 e. The van der Waals surface area contributed by atoms with Crippen molar-refractivity contribution in [1.82, 2.24) is 0 Å². The third-order valence-corrected chi connectivity index (χ3v) is 3.54. The first kappa shape index (κ1) is 10.8. The second kappa shape index (κ2) is 4.40. The molecule has 0 radical (unpaired) electrons. The molecule has 0 amide bonds. The zero-order valence-corrected chi connectivity index (χ0v) is 10.5. The first-order chi connectivity index (χ1) is 7.18. The monoisotopic (exact) mass is 332 g/mol. The predicted octanol–water partition coefficient (Wildman–Crippen LogP) is 3.72. The highest BCUT2D eigenvalue weighted by Crippen LogP contribution is 2.19. The lowest BCUT2D eigenvalue weighted by molar-refractivity contribution is 0.103. The van der Waals surface area contributed by atoms with Gasteiger partial charge in [0.2, 0.25) is 5.78 Å². The molecule has 0 aliphatic carbocycles. The van der Waals surface area contributed by atoms with Gasteiger partial charge < -0.3 is 0 Å². The van der Waals surface area contributed by atoms with Gasteiger partial charge >= 0.3 is 0 Å². The highest BCUT2D eigenvalue weighted by Gasteiger charge is 2.14. The largest absolute Gasteiger partial charge is 0.288 e. The van der Waals surface area contributed by atoms with Crippen LogP contribution in [0.2, 0.25) is 0 Å². The van der Waals surface area contributed by atoms with Crippen LogP contribution in [0, 0.1) is 9.39 Å². The molecule has 1 aromatic carbocycles. The van der Waals surface area contributed by atoms with Crippen molar-refractivity contribution in [1.29, 1.82) is 0 Å². The van der Waals surface area contributed by atoms with E-state index in [-0.39, 0.29) is 10.7 Å². The van der Waals surface area contributed by atoms with Crippen LogP contribution in [0.4, 0.5) is 4.39 Å². The van der Waals surface area contributed by atoms with Crippen LogP contribution in [-0.4, -0.2) is 5.78 Å². The first-order valence-electron chi connectivity index (χ1n) is 4.22. The van der Waals surface area contributed by atoms with Gasteiger partial charge in [-0.3, -0.25) is 4.79 Å². The van der Waals surface area contributed by atoms with Crippen LogP contribution in [0.3, 0.4) is 0 Å². The Labute approximate surface area is 104 Å². The van der Waals surface area contributed by atoms with E-state index in [1.54, 1.807) is 17.5 Å². The zero-order chi connectivity index (χ0) is 10.8. The fourth-order valence-corrected chi connectivity index (χ4v) is 2.28. The van der Waals surface area contributed by atoms with Crippen LogP contribution in [0.5, 0.6) is 0 Å². The Kier molecular flexibility index (Phi) is 3.16. The molecule has 2 rings (SSSR count). The molecule has 4 heteroatoms. The molecule has 0 aliphatic rings. The van der Waals surface area contributed by atoms with E-state index in [4.69, 9.17) is 0 Å². The van der Waals surface area contributed by atoms with Crippen LogP contribution in [0.1, 0.15) is 15.2 Å². The minimum atomic E-state index is -0.441. The Morgan fingerprint density at radius 2 is 1.87 bits per heavy atom. The molecule has 0 saturated carbocycles. The Bertz CT molecular complexity index is 490. The number of hydrogen-bond donors (Lipinski definition) is 0. The second-order valence-electron chi connectivity index (χ2n) is 2.93. The van der Waals surface area contributed by atoms with Crippen molar-refractivity contribution in [3.8, 4) is 0 Å². The van der Waals surface area contributed by atoms with Gasteiger partial charge in [0, 0.05) is 9.13 Å². The van der Waals surface area contributed by atoms with Crippen molar-refractivity contribution in [3.05, 3.63) is 55.5 Å². The third kappa shape index (κ3) is 2.26. The number of carbonyl (C=O) groups is 1. The van der Waals surface area contributed by atoms with Gasteiger partial charge in [0.25, 0.3) is 0 Å². The maximum Gasteiger partial charge on any atom is 0.205 e. The topological polar surface area (TPSA) is 17.1 Å². The van der Waals surface area contributed by atoms with Crippen molar-refractivity contribution in [2.75, 3.05) is 0 Å². The molecular formula is C11H6FIOS. The minimum absolute atomic E-state index is 0.177. The molecule has 76 valence electrons. The SMILES string of the molecule is O=C(c1ccc(I)cc1)c1sccc1F. The van der Waals surface area contributed by atoms with Crippen LogP contribution in [0.15, 0.2) is 35.7 Å². The van der Waals surface area contributed by atoms with E-state index in [1.165, 1.54) is 6.07 Å². The maximum absolute atomic E-state index is 13.2. The summed E-state index contributed by atoms with van der Waals surface area (Å²) in [5.41, 5.74) is 0.525. The normalized spacial score (nSPS) is 10.3. The number of hydrogen-bond acceptors (Lipinski definition) is 2. The summed E-state index contributed by atoms with van der Waals surface area (Å²) in [5, 5.41) is 1.58. The average Bonchev–Trinajstić information content (AvgIpc) is 2.65. The van der Waals surface area contributed by atoms with Crippen molar-refractivity contribution in [2.24, 2.45) is 0 Å². The van der Waals surface area contributed by atoms with Gasteiger partial charge in [0.15, 0.2) is 0 Å². The summed E-state index contributed by atoms with van der Waals surface area (Å²) in [6, 6.07) is 8.40. The van der Waals surface area contributed by atoms with Crippen LogP contribution >= 0.6 is 33.9 Å². The summed E-state index contributed by atoms with van der Waals surface area (Å²) in [5.74, 6) is -0.692. The van der Waals surface area contributed by atoms with Crippen molar-refractivity contribution < 1.29 is 9.18 Å². The van der Waals surface area contributed by atoms with Crippen LogP contribution < -0.4 is 0 Å². The van der Waals surface area contributed by atoms with Crippen LogP contribution in [0.25, 0.3) is 0 Å². The van der Waals surface area contributed by atoms with Gasteiger partial charge in [-0.25, -0.2) is 4.39 Å². The molecule has 2 aromatic rings. The molecule has 1 heterocycles. The van der Waals surface area contributed by atoms with E-state index in [1.807, 2.05) is 12.1 Å². The molecular weight excluding hydrogens is 326 g/mol. The van der Waals surface area contributed by atoms with Crippen LogP contribution in [-0.2, 0) is 0 Å². The first-order valence-corrected chi connectivity index (χ1v) is 6.17. The summed E-state index contributed by atoms with van der Waals surface area (Å²) in [7, 11) is 0. The van der Waals surface area contributed by atoms with Gasteiger partial charge in [0.05, 0.1) is 0 Å². The van der Waals surface area contributed by atoms with Gasteiger partial charge in [-0.2, -0.15) is 0 Å². The third-order valence-electron chi connectivity index (χ3n) is 1.93. The number of halogens is 2. The summed E-state index contributed by atoms with van der Waals surface area (Å²) < 4.78 is 14.2. The van der Waals surface area contributed by atoms with Gasteiger partial charge in [0.1, 0.15) is 10.7 Å². The Morgan fingerprint density at radius 1 is 1.20 bits per heavy atom. The maximum atomic E-state index is 13.2. The van der Waals surface area contributed by atoms with Gasteiger partial charge in [-0.1, -0.05) is 0 Å². The van der Waals surface area contributed by atoms with Crippen molar-refractivity contribution in [3.63, 3.8) is 0 Å². The standard InChI is InChI=1S/C11H6FIOS/c12-9-5-6-15-11(9)10(14)7-1-3-8(13)4-2-7/h1-6H. The zero-order valence-electron chi connectivity index (χ0n) is 7.54.